The molecule has 0 spiro atoms. The minimum absolute atomic E-state index is 0.107. The van der Waals surface area contributed by atoms with Gasteiger partial charge in [-0.2, -0.15) is 0 Å². The molecule has 1 unspecified atom stereocenters. The van der Waals surface area contributed by atoms with E-state index in [0.29, 0.717) is 12.5 Å². The van der Waals surface area contributed by atoms with Crippen molar-refractivity contribution in [3.8, 4) is 0 Å². The summed E-state index contributed by atoms with van der Waals surface area (Å²) in [6, 6.07) is 0.107. The van der Waals surface area contributed by atoms with Gasteiger partial charge >= 0.3 is 0 Å². The second-order valence-electron chi connectivity index (χ2n) is 3.29. The van der Waals surface area contributed by atoms with Crippen molar-refractivity contribution in [3.63, 3.8) is 0 Å². The third kappa shape index (κ3) is 6.49. The van der Waals surface area contributed by atoms with E-state index < -0.39 is 6.43 Å². The van der Waals surface area contributed by atoms with E-state index in [1.54, 1.807) is 0 Å². The molecule has 0 aliphatic rings. The minimum atomic E-state index is -2.26. The van der Waals surface area contributed by atoms with Crippen molar-refractivity contribution < 1.29 is 8.78 Å². The van der Waals surface area contributed by atoms with E-state index in [0.717, 1.165) is 6.42 Å². The molecule has 3 N–H and O–H groups in total. The molecule has 0 saturated carbocycles. The Labute approximate surface area is 72.5 Å². The van der Waals surface area contributed by atoms with Crippen molar-refractivity contribution in [2.24, 2.45) is 11.7 Å². The van der Waals surface area contributed by atoms with Gasteiger partial charge in [0.1, 0.15) is 0 Å². The Morgan fingerprint density at radius 2 is 1.92 bits per heavy atom. The van der Waals surface area contributed by atoms with Gasteiger partial charge in [0.25, 0.3) is 6.43 Å². The highest BCUT2D eigenvalue weighted by Gasteiger charge is 2.07. The van der Waals surface area contributed by atoms with Crippen LogP contribution in [-0.4, -0.2) is 25.6 Å². The molecule has 0 aromatic heterocycles. The summed E-state index contributed by atoms with van der Waals surface area (Å²) in [6.45, 7) is 4.39. The van der Waals surface area contributed by atoms with Gasteiger partial charge in [0.2, 0.25) is 0 Å². The summed E-state index contributed by atoms with van der Waals surface area (Å²) in [5.74, 6) is 0.415. The summed E-state index contributed by atoms with van der Waals surface area (Å²) in [5, 5.41) is 2.64. The van der Waals surface area contributed by atoms with Gasteiger partial charge in [-0.1, -0.05) is 13.8 Å². The molecule has 1 atom stereocenters. The summed E-state index contributed by atoms with van der Waals surface area (Å²) in [6.07, 6.45) is -1.51. The van der Waals surface area contributed by atoms with Crippen LogP contribution < -0.4 is 11.1 Å². The van der Waals surface area contributed by atoms with Gasteiger partial charge in [0, 0.05) is 6.04 Å². The van der Waals surface area contributed by atoms with E-state index in [9.17, 15) is 8.78 Å². The first-order valence-electron chi connectivity index (χ1n) is 4.28. The van der Waals surface area contributed by atoms with Crippen molar-refractivity contribution in [2.75, 3.05) is 13.1 Å². The van der Waals surface area contributed by atoms with E-state index in [2.05, 4.69) is 5.32 Å². The standard InChI is InChI=1S/C8H18F2N2/c1-6(2)7(11)3-4-12-5-8(9)10/h6-8,12H,3-5,11H2,1-2H3. The molecule has 0 aromatic carbocycles. The molecule has 0 bridgehead atoms. The van der Waals surface area contributed by atoms with Crippen LogP contribution in [-0.2, 0) is 0 Å². The number of alkyl halides is 2. The smallest absolute Gasteiger partial charge is 0.250 e. The van der Waals surface area contributed by atoms with E-state index in [4.69, 9.17) is 5.73 Å². The highest BCUT2D eigenvalue weighted by atomic mass is 19.3. The monoisotopic (exact) mass is 180 g/mol. The van der Waals surface area contributed by atoms with Crippen LogP contribution in [0.15, 0.2) is 0 Å². The third-order valence-electron chi connectivity index (χ3n) is 1.81. The van der Waals surface area contributed by atoms with E-state index >= 15 is 0 Å². The summed E-state index contributed by atoms with van der Waals surface area (Å²) in [5.41, 5.74) is 5.71. The van der Waals surface area contributed by atoms with Crippen molar-refractivity contribution >= 4 is 0 Å². The molecule has 0 heterocycles. The first-order valence-corrected chi connectivity index (χ1v) is 4.28. The van der Waals surface area contributed by atoms with Gasteiger partial charge in [-0.3, -0.25) is 0 Å². The molecule has 0 rings (SSSR count). The lowest BCUT2D eigenvalue weighted by Crippen LogP contribution is -2.32. The van der Waals surface area contributed by atoms with Crippen LogP contribution in [0.4, 0.5) is 8.78 Å². The van der Waals surface area contributed by atoms with Gasteiger partial charge in [0.05, 0.1) is 6.54 Å². The van der Waals surface area contributed by atoms with Crippen LogP contribution in [0, 0.1) is 5.92 Å². The fourth-order valence-electron chi connectivity index (χ4n) is 0.813. The van der Waals surface area contributed by atoms with Crippen LogP contribution in [0.1, 0.15) is 20.3 Å². The average molecular weight is 180 g/mol. The van der Waals surface area contributed by atoms with E-state index in [-0.39, 0.29) is 12.6 Å². The molecule has 0 aliphatic heterocycles. The second-order valence-corrected chi connectivity index (χ2v) is 3.29. The van der Waals surface area contributed by atoms with Gasteiger partial charge in [-0.25, -0.2) is 8.78 Å². The lowest BCUT2D eigenvalue weighted by atomic mass is 10.0. The number of nitrogens with two attached hydrogens (primary N) is 1. The molecule has 0 aliphatic carbocycles. The zero-order chi connectivity index (χ0) is 9.56. The Morgan fingerprint density at radius 1 is 1.33 bits per heavy atom. The van der Waals surface area contributed by atoms with Gasteiger partial charge < -0.3 is 11.1 Å². The maximum atomic E-state index is 11.6. The number of rotatable bonds is 6. The summed E-state index contributed by atoms with van der Waals surface area (Å²) >= 11 is 0. The normalized spacial score (nSPS) is 14.2. The van der Waals surface area contributed by atoms with E-state index in [1.165, 1.54) is 0 Å². The maximum Gasteiger partial charge on any atom is 0.250 e. The SMILES string of the molecule is CC(C)C(N)CCNCC(F)F. The molecular weight excluding hydrogens is 162 g/mol. The predicted molar refractivity (Wildman–Crippen MR) is 46.3 cm³/mol. The topological polar surface area (TPSA) is 38.0 Å². The third-order valence-corrected chi connectivity index (χ3v) is 1.81. The Bertz CT molecular complexity index is 107. The number of hydrogen-bond donors (Lipinski definition) is 2. The number of hydrogen-bond acceptors (Lipinski definition) is 2. The summed E-state index contributed by atoms with van der Waals surface area (Å²) in [7, 11) is 0. The molecule has 0 saturated heterocycles. The van der Waals surface area contributed by atoms with Crippen LogP contribution >= 0.6 is 0 Å². The molecule has 0 radical (unpaired) electrons. The highest BCUT2D eigenvalue weighted by molar-refractivity contribution is 4.66. The Kier molecular flexibility index (Phi) is 6.20. The van der Waals surface area contributed by atoms with E-state index in [1.807, 2.05) is 13.8 Å². The number of nitrogens with one attached hydrogen (secondary N) is 1. The Hall–Kier alpha value is -0.220. The van der Waals surface area contributed by atoms with Gasteiger partial charge in [0.15, 0.2) is 0 Å². The molecule has 2 nitrogen and oxygen atoms in total. The largest absolute Gasteiger partial charge is 0.327 e. The quantitative estimate of drug-likeness (QED) is 0.603. The van der Waals surface area contributed by atoms with Crippen molar-refractivity contribution in [1.29, 1.82) is 0 Å². The van der Waals surface area contributed by atoms with Crippen molar-refractivity contribution in [2.45, 2.75) is 32.7 Å². The van der Waals surface area contributed by atoms with Crippen LogP contribution in [0.2, 0.25) is 0 Å². The number of halogens is 2. The molecule has 12 heavy (non-hydrogen) atoms. The van der Waals surface area contributed by atoms with Gasteiger partial charge in [-0.05, 0) is 18.9 Å². The average Bonchev–Trinajstić information content (AvgIpc) is 1.97. The second kappa shape index (κ2) is 6.31. The maximum absolute atomic E-state index is 11.6. The van der Waals surface area contributed by atoms with Gasteiger partial charge in [-0.15, -0.1) is 0 Å². The molecular formula is C8H18F2N2. The van der Waals surface area contributed by atoms with Crippen molar-refractivity contribution in [1.82, 2.24) is 5.32 Å². The Morgan fingerprint density at radius 3 is 2.33 bits per heavy atom. The first kappa shape index (κ1) is 11.8. The molecule has 0 fully saturated rings. The summed E-state index contributed by atoms with van der Waals surface area (Å²) < 4.78 is 23.2. The van der Waals surface area contributed by atoms with Crippen LogP contribution in [0.5, 0.6) is 0 Å². The fourth-order valence-corrected chi connectivity index (χ4v) is 0.813. The summed E-state index contributed by atoms with van der Waals surface area (Å²) in [4.78, 5) is 0. The molecule has 74 valence electrons. The fraction of sp³-hybridized carbons (Fsp3) is 1.00. The van der Waals surface area contributed by atoms with Crippen LogP contribution in [0.25, 0.3) is 0 Å². The lowest BCUT2D eigenvalue weighted by molar-refractivity contribution is 0.145. The van der Waals surface area contributed by atoms with Crippen molar-refractivity contribution in [3.05, 3.63) is 0 Å². The predicted octanol–water partition coefficient (Wildman–Crippen LogP) is 1.21. The van der Waals surface area contributed by atoms with Crippen LogP contribution in [0.3, 0.4) is 0 Å². The zero-order valence-corrected chi connectivity index (χ0v) is 7.69. The lowest BCUT2D eigenvalue weighted by Gasteiger charge is -2.15. The molecule has 0 amide bonds. The first-order chi connectivity index (χ1) is 5.54. The molecule has 0 aromatic rings. The minimum Gasteiger partial charge on any atom is -0.327 e. The molecule has 4 heteroatoms. The zero-order valence-electron chi connectivity index (χ0n) is 7.69. The highest BCUT2D eigenvalue weighted by Crippen LogP contribution is 2.01. The Balaban J connectivity index is 3.20.